The number of aromatic amines is 1. The van der Waals surface area contributed by atoms with Gasteiger partial charge in [0, 0.05) is 37.7 Å². The van der Waals surface area contributed by atoms with Gasteiger partial charge in [-0.1, -0.05) is 29.8 Å². The largest absolute Gasteiger partial charge is 0.363 e. The molecule has 0 radical (unpaired) electrons. The molecular formula is C17H17ClN4O. The average Bonchev–Trinajstić information content (AvgIpc) is 2.90. The molecule has 1 aromatic carbocycles. The predicted molar refractivity (Wildman–Crippen MR) is 93.0 cm³/mol. The highest BCUT2D eigenvalue weighted by Crippen LogP contribution is 2.27. The quantitative estimate of drug-likeness (QED) is 0.773. The summed E-state index contributed by atoms with van der Waals surface area (Å²) in [5, 5.41) is 4.17. The van der Waals surface area contributed by atoms with Crippen LogP contribution < -0.4 is 10.2 Å². The van der Waals surface area contributed by atoms with Gasteiger partial charge in [-0.25, -0.2) is 4.98 Å². The smallest absolute Gasteiger partial charge is 0.269 e. The fourth-order valence-corrected chi connectivity index (χ4v) is 2.65. The first-order valence-corrected chi connectivity index (χ1v) is 7.60. The highest BCUT2D eigenvalue weighted by Gasteiger charge is 2.15. The number of carbonyl (C=O) groups is 1. The number of hydrogen-bond donors (Lipinski definition) is 2. The number of halogens is 1. The van der Waals surface area contributed by atoms with Gasteiger partial charge < -0.3 is 15.2 Å². The van der Waals surface area contributed by atoms with Crippen LogP contribution in [0.5, 0.6) is 0 Å². The fourth-order valence-electron chi connectivity index (χ4n) is 2.35. The summed E-state index contributed by atoms with van der Waals surface area (Å²) in [6.45, 7) is 0.411. The number of pyridine rings is 1. The van der Waals surface area contributed by atoms with Crippen molar-refractivity contribution in [2.24, 2.45) is 0 Å². The normalized spacial score (nSPS) is 10.7. The molecule has 118 valence electrons. The average molecular weight is 329 g/mol. The Labute approximate surface area is 139 Å². The molecule has 5 nitrogen and oxygen atoms in total. The van der Waals surface area contributed by atoms with Crippen LogP contribution in [0.25, 0.3) is 10.9 Å². The maximum atomic E-state index is 12.4. The van der Waals surface area contributed by atoms with Crippen molar-refractivity contribution in [1.82, 2.24) is 15.3 Å². The maximum Gasteiger partial charge on any atom is 0.269 e. The zero-order chi connectivity index (χ0) is 16.4. The number of nitrogens with zero attached hydrogens (tertiary/aromatic N) is 2. The minimum atomic E-state index is -0.227. The number of H-pyrrole nitrogens is 1. The van der Waals surface area contributed by atoms with Crippen molar-refractivity contribution >= 4 is 34.2 Å². The molecule has 0 fully saturated rings. The lowest BCUT2D eigenvalue weighted by Crippen LogP contribution is -2.23. The molecule has 1 amide bonds. The topological polar surface area (TPSA) is 61.0 Å². The Morgan fingerprint density at radius 3 is 2.83 bits per heavy atom. The number of anilines is 1. The van der Waals surface area contributed by atoms with Gasteiger partial charge in [0.1, 0.15) is 11.5 Å². The molecule has 23 heavy (non-hydrogen) atoms. The van der Waals surface area contributed by atoms with Gasteiger partial charge in [0.15, 0.2) is 0 Å². The highest BCUT2D eigenvalue weighted by molar-refractivity contribution is 6.38. The lowest BCUT2D eigenvalue weighted by Gasteiger charge is -2.12. The first-order chi connectivity index (χ1) is 11.1. The number of carbonyl (C=O) groups excluding carboxylic acids is 1. The molecule has 0 unspecified atom stereocenters. The fraction of sp³-hybridized carbons (Fsp3) is 0.176. The molecule has 2 aromatic heterocycles. The van der Waals surface area contributed by atoms with Crippen LogP contribution in [0.2, 0.25) is 5.02 Å². The summed E-state index contributed by atoms with van der Waals surface area (Å²) in [6, 6.07) is 11.4. The van der Waals surface area contributed by atoms with E-state index in [0.717, 1.165) is 22.3 Å². The van der Waals surface area contributed by atoms with E-state index in [9.17, 15) is 4.79 Å². The van der Waals surface area contributed by atoms with Crippen molar-refractivity contribution in [2.45, 2.75) is 6.54 Å². The van der Waals surface area contributed by atoms with Crippen LogP contribution in [0.3, 0.4) is 0 Å². The number of fused-ring (bicyclic) bond motifs is 1. The molecule has 2 heterocycles. The maximum absolute atomic E-state index is 12.4. The second kappa shape index (κ2) is 6.30. The molecule has 0 spiro atoms. The molecule has 0 saturated carbocycles. The van der Waals surface area contributed by atoms with E-state index in [2.05, 4.69) is 15.3 Å². The van der Waals surface area contributed by atoms with Crippen molar-refractivity contribution in [3.8, 4) is 0 Å². The summed E-state index contributed by atoms with van der Waals surface area (Å²) in [5.74, 6) is 0.620. The monoisotopic (exact) mass is 328 g/mol. The summed E-state index contributed by atoms with van der Waals surface area (Å²) in [4.78, 5) is 21.6. The first kappa shape index (κ1) is 15.4. The third-order valence-electron chi connectivity index (χ3n) is 3.59. The second-order valence-electron chi connectivity index (χ2n) is 5.46. The van der Waals surface area contributed by atoms with E-state index in [1.54, 1.807) is 6.20 Å². The minimum Gasteiger partial charge on any atom is -0.363 e. The van der Waals surface area contributed by atoms with Crippen molar-refractivity contribution in [2.75, 3.05) is 19.0 Å². The van der Waals surface area contributed by atoms with Crippen LogP contribution in [-0.2, 0) is 6.54 Å². The molecule has 3 rings (SSSR count). The van der Waals surface area contributed by atoms with Crippen LogP contribution in [0.15, 0.2) is 42.6 Å². The Bertz CT molecular complexity index is 857. The van der Waals surface area contributed by atoms with E-state index in [1.807, 2.05) is 55.4 Å². The van der Waals surface area contributed by atoms with Gasteiger partial charge in [-0.3, -0.25) is 4.79 Å². The van der Waals surface area contributed by atoms with Crippen molar-refractivity contribution < 1.29 is 4.79 Å². The third-order valence-corrected chi connectivity index (χ3v) is 3.98. The SMILES string of the molecule is CN(C)c1cc(CNC(=O)c2[nH]c3ccccc3c2Cl)ccn1. The van der Waals surface area contributed by atoms with Gasteiger partial charge in [0.05, 0.1) is 5.02 Å². The molecule has 0 bridgehead atoms. The summed E-state index contributed by atoms with van der Waals surface area (Å²) < 4.78 is 0. The molecule has 6 heteroatoms. The van der Waals surface area contributed by atoms with Crippen LogP contribution in [-0.4, -0.2) is 30.0 Å². The third kappa shape index (κ3) is 3.14. The van der Waals surface area contributed by atoms with E-state index >= 15 is 0 Å². The van der Waals surface area contributed by atoms with E-state index < -0.39 is 0 Å². The van der Waals surface area contributed by atoms with Crippen LogP contribution in [0.4, 0.5) is 5.82 Å². The van der Waals surface area contributed by atoms with Crippen LogP contribution >= 0.6 is 11.6 Å². The number of benzene rings is 1. The molecule has 0 aliphatic carbocycles. The summed E-state index contributed by atoms with van der Waals surface area (Å²) in [7, 11) is 3.85. The molecule has 0 saturated heterocycles. The van der Waals surface area contributed by atoms with Gasteiger partial charge in [-0.2, -0.15) is 0 Å². The number of amides is 1. The minimum absolute atomic E-state index is 0.227. The Morgan fingerprint density at radius 2 is 2.09 bits per heavy atom. The van der Waals surface area contributed by atoms with Gasteiger partial charge in [-0.15, -0.1) is 0 Å². The zero-order valence-electron chi connectivity index (χ0n) is 12.9. The number of rotatable bonds is 4. The van der Waals surface area contributed by atoms with Gasteiger partial charge in [0.2, 0.25) is 0 Å². The highest BCUT2D eigenvalue weighted by atomic mass is 35.5. The van der Waals surface area contributed by atoms with Gasteiger partial charge >= 0.3 is 0 Å². The van der Waals surface area contributed by atoms with Gasteiger partial charge in [0.25, 0.3) is 5.91 Å². The van der Waals surface area contributed by atoms with Crippen molar-refractivity contribution in [1.29, 1.82) is 0 Å². The lowest BCUT2D eigenvalue weighted by molar-refractivity contribution is 0.0947. The molecule has 0 aliphatic rings. The Morgan fingerprint density at radius 1 is 1.30 bits per heavy atom. The van der Waals surface area contributed by atoms with E-state index in [-0.39, 0.29) is 5.91 Å². The zero-order valence-corrected chi connectivity index (χ0v) is 13.7. The van der Waals surface area contributed by atoms with Crippen molar-refractivity contribution in [3.63, 3.8) is 0 Å². The van der Waals surface area contributed by atoms with E-state index in [0.29, 0.717) is 17.3 Å². The molecule has 2 N–H and O–H groups in total. The van der Waals surface area contributed by atoms with E-state index in [1.165, 1.54) is 0 Å². The molecular weight excluding hydrogens is 312 g/mol. The summed E-state index contributed by atoms with van der Waals surface area (Å²) >= 11 is 6.29. The second-order valence-corrected chi connectivity index (χ2v) is 5.84. The van der Waals surface area contributed by atoms with Crippen molar-refractivity contribution in [3.05, 3.63) is 58.9 Å². The lowest BCUT2D eigenvalue weighted by atomic mass is 10.2. The first-order valence-electron chi connectivity index (χ1n) is 7.23. The van der Waals surface area contributed by atoms with E-state index in [4.69, 9.17) is 11.6 Å². The summed E-state index contributed by atoms with van der Waals surface area (Å²) in [5.41, 5.74) is 2.21. The van der Waals surface area contributed by atoms with Gasteiger partial charge in [-0.05, 0) is 23.8 Å². The van der Waals surface area contributed by atoms with Crippen LogP contribution in [0.1, 0.15) is 16.1 Å². The summed E-state index contributed by atoms with van der Waals surface area (Å²) in [6.07, 6.45) is 1.73. The predicted octanol–water partition coefficient (Wildman–Crippen LogP) is 3.21. The molecule has 3 aromatic rings. The number of aromatic nitrogens is 2. The number of hydrogen-bond acceptors (Lipinski definition) is 3. The number of para-hydroxylation sites is 1. The number of nitrogens with one attached hydrogen (secondary N) is 2. The Kier molecular flexibility index (Phi) is 4.21. The Hall–Kier alpha value is -2.53. The standard InChI is InChI=1S/C17H17ClN4O/c1-22(2)14-9-11(7-8-19-14)10-20-17(23)16-15(18)12-5-3-4-6-13(12)21-16/h3-9,21H,10H2,1-2H3,(H,20,23). The molecule has 0 atom stereocenters. The molecule has 0 aliphatic heterocycles. The van der Waals surface area contributed by atoms with Crippen LogP contribution in [0, 0.1) is 0 Å². The Balaban J connectivity index is 1.76.